The van der Waals surface area contributed by atoms with Gasteiger partial charge in [0.15, 0.2) is 0 Å². The lowest BCUT2D eigenvalue weighted by atomic mass is 10.1. The first kappa shape index (κ1) is 8.85. The number of nitrogens with zero attached hydrogens (tertiary/aromatic N) is 1. The van der Waals surface area contributed by atoms with Crippen LogP contribution in [0.2, 0.25) is 0 Å². The average Bonchev–Trinajstić information content (AvgIpc) is 2.17. The van der Waals surface area contributed by atoms with Gasteiger partial charge in [-0.1, -0.05) is 0 Å². The molecule has 0 radical (unpaired) electrons. The van der Waals surface area contributed by atoms with Crippen molar-refractivity contribution in [2.24, 2.45) is 5.73 Å². The quantitative estimate of drug-likeness (QED) is 0.269. The van der Waals surface area contributed by atoms with Crippen LogP contribution in [-0.2, 0) is 0 Å². The highest BCUT2D eigenvalue weighted by atomic mass is 16.3. The molecule has 1 heterocycles. The molecule has 8 N–H and O–H groups in total. The van der Waals surface area contributed by atoms with Crippen molar-refractivity contribution in [3.63, 3.8) is 0 Å². The Labute approximate surface area is 64.0 Å². The second-order valence-corrected chi connectivity index (χ2v) is 2.74. The Bertz CT molecular complexity index is 131. The molecule has 0 amide bonds. The second kappa shape index (κ2) is 3.02. The van der Waals surface area contributed by atoms with Gasteiger partial charge in [-0.05, 0) is 0 Å². The fourth-order valence-electron chi connectivity index (χ4n) is 1.26. The zero-order valence-electron chi connectivity index (χ0n) is 6.09. The second-order valence-electron chi connectivity index (χ2n) is 2.74. The van der Waals surface area contributed by atoms with Crippen LogP contribution in [0.15, 0.2) is 0 Å². The molecule has 0 aromatic heterocycles. The summed E-state index contributed by atoms with van der Waals surface area (Å²) in [5.74, 6) is 3.50. The Kier molecular flexibility index (Phi) is 2.43. The Balaban J connectivity index is 2.69. The first-order valence-corrected chi connectivity index (χ1v) is 3.41. The monoisotopic (exact) mass is 164 g/mol. The lowest BCUT2D eigenvalue weighted by molar-refractivity contribution is -0.592. The molecule has 0 aromatic carbocycles. The van der Waals surface area contributed by atoms with Crippen LogP contribution in [0, 0.1) is 0 Å². The normalized spacial score (nSPS) is 46.6. The third-order valence-electron chi connectivity index (χ3n) is 2.09. The first-order valence-electron chi connectivity index (χ1n) is 3.41. The molecule has 1 fully saturated rings. The van der Waals surface area contributed by atoms with Gasteiger partial charge in [0.1, 0.15) is 24.4 Å². The molecule has 1 saturated heterocycles. The van der Waals surface area contributed by atoms with Gasteiger partial charge in [0.2, 0.25) is 0 Å². The van der Waals surface area contributed by atoms with Crippen LogP contribution in [-0.4, -0.2) is 51.4 Å². The molecule has 66 valence electrons. The number of aliphatic hydroxyl groups is 3. The van der Waals surface area contributed by atoms with E-state index in [4.69, 9.17) is 10.8 Å². The summed E-state index contributed by atoms with van der Waals surface area (Å²) in [5, 5.41) is 28.4. The van der Waals surface area contributed by atoms with Gasteiger partial charge >= 0.3 is 0 Å². The van der Waals surface area contributed by atoms with E-state index in [0.29, 0.717) is 0 Å². The molecule has 6 heteroatoms. The summed E-state index contributed by atoms with van der Waals surface area (Å²) in [6, 6.07) is -0.556. The molecular formula is C5H14N3O3+. The average molecular weight is 164 g/mol. The topological polar surface area (TPSA) is 118 Å². The van der Waals surface area contributed by atoms with Crippen molar-refractivity contribution in [1.82, 2.24) is 5.01 Å². The van der Waals surface area contributed by atoms with Gasteiger partial charge in [0, 0.05) is 0 Å². The zero-order chi connectivity index (χ0) is 8.59. The molecule has 1 unspecified atom stereocenters. The molecule has 4 atom stereocenters. The maximum absolute atomic E-state index is 9.23. The number of quaternary nitrogens is 1. The SMILES string of the molecule is NC1[C@H](O)[C@@H](O)[C@H](CO)N1[NH3+]. The minimum Gasteiger partial charge on any atom is -0.394 e. The lowest BCUT2D eigenvalue weighted by Crippen LogP contribution is -2.75. The van der Waals surface area contributed by atoms with Crippen molar-refractivity contribution in [3.8, 4) is 0 Å². The highest BCUT2D eigenvalue weighted by Gasteiger charge is 2.46. The highest BCUT2D eigenvalue weighted by molar-refractivity contribution is 4.93. The number of nitrogens with two attached hydrogens (primary N) is 1. The van der Waals surface area contributed by atoms with E-state index in [-0.39, 0.29) is 6.61 Å². The molecule has 1 rings (SSSR count). The van der Waals surface area contributed by atoms with Gasteiger partial charge in [-0.15, -0.1) is 5.01 Å². The standard InChI is InChI=1S/C5H13N3O3/c6-5-4(11)3(10)2(1-9)8(5)7/h2-5,9-11H,1,6-7H2/p+1/t2-,3-,4+,5?/m0/s1. The minimum absolute atomic E-state index is 0.255. The molecule has 6 nitrogen and oxygen atoms in total. The Morgan fingerprint density at radius 2 is 1.91 bits per heavy atom. The van der Waals surface area contributed by atoms with E-state index >= 15 is 0 Å². The smallest absolute Gasteiger partial charge is 0.135 e. The molecule has 0 bridgehead atoms. The molecular weight excluding hydrogens is 150 g/mol. The predicted octanol–water partition coefficient (Wildman–Crippen LogP) is -4.17. The van der Waals surface area contributed by atoms with Gasteiger partial charge in [-0.3, -0.25) is 5.84 Å². The summed E-state index contributed by atoms with van der Waals surface area (Å²) in [6.07, 6.45) is -2.72. The van der Waals surface area contributed by atoms with Gasteiger partial charge < -0.3 is 21.1 Å². The van der Waals surface area contributed by atoms with E-state index in [1.54, 1.807) is 0 Å². The van der Waals surface area contributed by atoms with Crippen molar-refractivity contribution < 1.29 is 21.2 Å². The van der Waals surface area contributed by atoms with Gasteiger partial charge in [-0.2, -0.15) is 0 Å². The van der Waals surface area contributed by atoms with Crippen LogP contribution in [0.25, 0.3) is 0 Å². The van der Waals surface area contributed by atoms with Crippen molar-refractivity contribution >= 4 is 0 Å². The molecule has 11 heavy (non-hydrogen) atoms. The summed E-state index contributed by atoms with van der Waals surface area (Å²) < 4.78 is 0. The minimum atomic E-state index is -1.02. The third-order valence-corrected chi connectivity index (χ3v) is 2.09. The maximum atomic E-state index is 9.23. The van der Waals surface area contributed by atoms with E-state index < -0.39 is 24.4 Å². The molecule has 0 saturated carbocycles. The summed E-state index contributed by atoms with van der Waals surface area (Å²) in [5.41, 5.74) is 5.42. The van der Waals surface area contributed by atoms with Crippen LogP contribution in [0.5, 0.6) is 0 Å². The summed E-state index contributed by atoms with van der Waals surface area (Å²) >= 11 is 0. The fourth-order valence-corrected chi connectivity index (χ4v) is 1.26. The molecule has 0 aliphatic carbocycles. The largest absolute Gasteiger partial charge is 0.394 e. The van der Waals surface area contributed by atoms with Crippen LogP contribution in [0.4, 0.5) is 0 Å². The number of hydrogen-bond donors (Lipinski definition) is 5. The van der Waals surface area contributed by atoms with E-state index in [0.717, 1.165) is 0 Å². The Hall–Kier alpha value is -0.240. The fraction of sp³-hybridized carbons (Fsp3) is 1.00. The molecule has 0 spiro atoms. The van der Waals surface area contributed by atoms with E-state index in [2.05, 4.69) is 5.84 Å². The van der Waals surface area contributed by atoms with Crippen LogP contribution < -0.4 is 11.6 Å². The van der Waals surface area contributed by atoms with Crippen molar-refractivity contribution in [3.05, 3.63) is 0 Å². The predicted molar refractivity (Wildman–Crippen MR) is 35.6 cm³/mol. The number of aliphatic hydroxyl groups excluding tert-OH is 3. The van der Waals surface area contributed by atoms with Crippen LogP contribution >= 0.6 is 0 Å². The number of rotatable bonds is 1. The van der Waals surface area contributed by atoms with Crippen molar-refractivity contribution in [2.75, 3.05) is 6.61 Å². The van der Waals surface area contributed by atoms with E-state index in [1.807, 2.05) is 0 Å². The van der Waals surface area contributed by atoms with Crippen LogP contribution in [0.1, 0.15) is 0 Å². The molecule has 1 aliphatic rings. The molecule has 1 aliphatic heterocycles. The van der Waals surface area contributed by atoms with E-state index in [9.17, 15) is 10.2 Å². The molecule has 0 aromatic rings. The van der Waals surface area contributed by atoms with Crippen molar-refractivity contribution in [2.45, 2.75) is 24.4 Å². The number of hydrogen-bond acceptors (Lipinski definition) is 5. The van der Waals surface area contributed by atoms with Crippen LogP contribution in [0.3, 0.4) is 0 Å². The van der Waals surface area contributed by atoms with Crippen molar-refractivity contribution in [1.29, 1.82) is 0 Å². The zero-order valence-corrected chi connectivity index (χ0v) is 6.09. The third kappa shape index (κ3) is 1.24. The van der Waals surface area contributed by atoms with Gasteiger partial charge in [0.25, 0.3) is 0 Å². The van der Waals surface area contributed by atoms with E-state index in [1.165, 1.54) is 5.01 Å². The Morgan fingerprint density at radius 3 is 2.09 bits per heavy atom. The lowest BCUT2D eigenvalue weighted by Gasteiger charge is -2.16. The summed E-state index contributed by atoms with van der Waals surface area (Å²) in [6.45, 7) is -0.255. The van der Waals surface area contributed by atoms with Gasteiger partial charge in [-0.25, -0.2) is 0 Å². The highest BCUT2D eigenvalue weighted by Crippen LogP contribution is 2.16. The Morgan fingerprint density at radius 1 is 1.36 bits per heavy atom. The van der Waals surface area contributed by atoms with Gasteiger partial charge in [0.05, 0.1) is 6.61 Å². The summed E-state index contributed by atoms with van der Waals surface area (Å²) in [4.78, 5) is 0. The maximum Gasteiger partial charge on any atom is 0.135 e. The first-order chi connectivity index (χ1) is 5.09. The summed E-state index contributed by atoms with van der Waals surface area (Å²) in [7, 11) is 0.